The Morgan fingerprint density at radius 2 is 1.68 bits per heavy atom. The van der Waals surface area contributed by atoms with Crippen molar-refractivity contribution in [2.45, 2.75) is 19.8 Å². The van der Waals surface area contributed by atoms with Gasteiger partial charge in [-0.3, -0.25) is 4.79 Å². The molecule has 2 aromatic carbocycles. The maximum absolute atomic E-state index is 12.5. The second-order valence-corrected chi connectivity index (χ2v) is 7.05. The first kappa shape index (κ1) is 19.4. The Hall–Kier alpha value is -3.41. The first-order valence-electron chi connectivity index (χ1n) is 9.21. The van der Waals surface area contributed by atoms with Crippen LogP contribution in [0.3, 0.4) is 0 Å². The molecule has 28 heavy (non-hydrogen) atoms. The van der Waals surface area contributed by atoms with E-state index in [0.717, 1.165) is 22.6 Å². The SMILES string of the molecule is CC(C)c1ccccc1NC(=O)c1cnc(Nc2ccc(N(C)C)cc2)cn1. The van der Waals surface area contributed by atoms with Crippen LogP contribution in [-0.4, -0.2) is 30.0 Å². The van der Waals surface area contributed by atoms with Crippen molar-refractivity contribution in [1.29, 1.82) is 0 Å². The van der Waals surface area contributed by atoms with Crippen LogP contribution < -0.4 is 15.5 Å². The van der Waals surface area contributed by atoms with Crippen LogP contribution in [0.5, 0.6) is 0 Å². The molecule has 6 heteroatoms. The van der Waals surface area contributed by atoms with Crippen molar-refractivity contribution >= 4 is 28.8 Å². The number of para-hydroxylation sites is 1. The van der Waals surface area contributed by atoms with E-state index in [2.05, 4.69) is 34.4 Å². The molecule has 144 valence electrons. The second-order valence-electron chi connectivity index (χ2n) is 7.05. The molecule has 0 spiro atoms. The number of carbonyl (C=O) groups excluding carboxylic acids is 1. The molecule has 0 bridgehead atoms. The molecule has 0 aliphatic heterocycles. The highest BCUT2D eigenvalue weighted by molar-refractivity contribution is 6.03. The minimum atomic E-state index is -0.275. The molecule has 3 aromatic rings. The minimum Gasteiger partial charge on any atom is -0.378 e. The molecule has 2 N–H and O–H groups in total. The number of nitrogens with zero attached hydrogens (tertiary/aromatic N) is 3. The van der Waals surface area contributed by atoms with Gasteiger partial charge in [0.1, 0.15) is 11.5 Å². The van der Waals surface area contributed by atoms with Gasteiger partial charge in [-0.2, -0.15) is 0 Å². The molecular weight excluding hydrogens is 350 g/mol. The van der Waals surface area contributed by atoms with E-state index in [9.17, 15) is 4.79 Å². The van der Waals surface area contributed by atoms with E-state index in [1.165, 1.54) is 6.20 Å². The Labute approximate surface area is 165 Å². The predicted octanol–water partition coefficient (Wildman–Crippen LogP) is 4.66. The van der Waals surface area contributed by atoms with Crippen molar-refractivity contribution in [3.63, 3.8) is 0 Å². The molecule has 0 saturated heterocycles. The maximum atomic E-state index is 12.5. The van der Waals surface area contributed by atoms with Crippen molar-refractivity contribution in [3.8, 4) is 0 Å². The van der Waals surface area contributed by atoms with E-state index in [-0.39, 0.29) is 11.6 Å². The van der Waals surface area contributed by atoms with Crippen LogP contribution in [-0.2, 0) is 0 Å². The number of carbonyl (C=O) groups is 1. The van der Waals surface area contributed by atoms with Crippen molar-refractivity contribution < 1.29 is 4.79 Å². The van der Waals surface area contributed by atoms with Gasteiger partial charge in [0.15, 0.2) is 0 Å². The molecule has 0 fully saturated rings. The summed E-state index contributed by atoms with van der Waals surface area (Å²) in [6, 6.07) is 15.8. The fourth-order valence-electron chi connectivity index (χ4n) is 2.80. The Kier molecular flexibility index (Phi) is 5.89. The van der Waals surface area contributed by atoms with Crippen LogP contribution >= 0.6 is 0 Å². The minimum absolute atomic E-state index is 0.270. The normalized spacial score (nSPS) is 10.6. The summed E-state index contributed by atoms with van der Waals surface area (Å²) in [5.41, 5.74) is 4.18. The summed E-state index contributed by atoms with van der Waals surface area (Å²) < 4.78 is 0. The second kappa shape index (κ2) is 8.52. The van der Waals surface area contributed by atoms with E-state index in [1.807, 2.05) is 67.5 Å². The zero-order valence-corrected chi connectivity index (χ0v) is 16.6. The van der Waals surface area contributed by atoms with Crippen LogP contribution in [0.15, 0.2) is 60.9 Å². The van der Waals surface area contributed by atoms with E-state index in [0.29, 0.717) is 11.7 Å². The Morgan fingerprint density at radius 3 is 2.29 bits per heavy atom. The highest BCUT2D eigenvalue weighted by Gasteiger charge is 2.12. The maximum Gasteiger partial charge on any atom is 0.275 e. The highest BCUT2D eigenvalue weighted by atomic mass is 16.1. The summed E-state index contributed by atoms with van der Waals surface area (Å²) >= 11 is 0. The van der Waals surface area contributed by atoms with Gasteiger partial charge >= 0.3 is 0 Å². The number of amides is 1. The van der Waals surface area contributed by atoms with Gasteiger partial charge in [0.2, 0.25) is 0 Å². The molecule has 0 unspecified atom stereocenters. The smallest absolute Gasteiger partial charge is 0.275 e. The molecule has 1 aromatic heterocycles. The summed E-state index contributed by atoms with van der Waals surface area (Å²) in [6.45, 7) is 4.19. The van der Waals surface area contributed by atoms with Crippen molar-refractivity contribution in [2.75, 3.05) is 29.6 Å². The van der Waals surface area contributed by atoms with E-state index in [1.54, 1.807) is 6.20 Å². The zero-order valence-electron chi connectivity index (χ0n) is 16.6. The zero-order chi connectivity index (χ0) is 20.1. The van der Waals surface area contributed by atoms with E-state index in [4.69, 9.17) is 0 Å². The van der Waals surface area contributed by atoms with E-state index >= 15 is 0 Å². The number of nitrogens with one attached hydrogen (secondary N) is 2. The number of anilines is 4. The number of aromatic nitrogens is 2. The Bertz CT molecular complexity index is 934. The third-order valence-corrected chi connectivity index (χ3v) is 4.37. The lowest BCUT2D eigenvalue weighted by atomic mass is 10.0. The van der Waals surface area contributed by atoms with Crippen molar-refractivity contribution in [2.24, 2.45) is 0 Å². The lowest BCUT2D eigenvalue weighted by molar-refractivity contribution is 0.102. The molecule has 6 nitrogen and oxygen atoms in total. The summed E-state index contributed by atoms with van der Waals surface area (Å²) in [5.74, 6) is 0.618. The molecular formula is C22H25N5O. The largest absolute Gasteiger partial charge is 0.378 e. The van der Waals surface area contributed by atoms with E-state index < -0.39 is 0 Å². The van der Waals surface area contributed by atoms with Crippen LogP contribution in [0, 0.1) is 0 Å². The Morgan fingerprint density at radius 1 is 0.964 bits per heavy atom. The summed E-state index contributed by atoms with van der Waals surface area (Å²) in [4.78, 5) is 23.1. The predicted molar refractivity (Wildman–Crippen MR) is 115 cm³/mol. The van der Waals surface area contributed by atoms with Gasteiger partial charge in [0, 0.05) is 31.2 Å². The number of benzene rings is 2. The topological polar surface area (TPSA) is 70.2 Å². The van der Waals surface area contributed by atoms with Crippen LogP contribution in [0.1, 0.15) is 35.8 Å². The standard InChI is InChI=1S/C22H25N5O/c1-15(2)18-7-5-6-8-19(18)26-22(28)20-13-24-21(14-23-20)25-16-9-11-17(12-10-16)27(3)4/h5-15H,1-4H3,(H,24,25)(H,26,28). The first-order valence-corrected chi connectivity index (χ1v) is 9.21. The third kappa shape index (κ3) is 4.65. The van der Waals surface area contributed by atoms with Gasteiger partial charge < -0.3 is 15.5 Å². The van der Waals surface area contributed by atoms with Crippen molar-refractivity contribution in [3.05, 3.63) is 72.2 Å². The molecule has 3 rings (SSSR count). The average Bonchev–Trinajstić information content (AvgIpc) is 2.69. The summed E-state index contributed by atoms with van der Waals surface area (Å²) in [6.07, 6.45) is 3.03. The molecule has 0 atom stereocenters. The number of rotatable bonds is 6. The fourth-order valence-corrected chi connectivity index (χ4v) is 2.80. The highest BCUT2D eigenvalue weighted by Crippen LogP contribution is 2.24. The lowest BCUT2D eigenvalue weighted by Crippen LogP contribution is -2.15. The van der Waals surface area contributed by atoms with Gasteiger partial charge in [-0.15, -0.1) is 0 Å². The molecule has 0 aliphatic carbocycles. The number of hydrogen-bond donors (Lipinski definition) is 2. The summed E-state index contributed by atoms with van der Waals surface area (Å²) in [7, 11) is 3.99. The van der Waals surface area contributed by atoms with Crippen LogP contribution in [0.2, 0.25) is 0 Å². The van der Waals surface area contributed by atoms with Gasteiger partial charge in [-0.25, -0.2) is 9.97 Å². The molecule has 0 aliphatic rings. The van der Waals surface area contributed by atoms with Crippen LogP contribution in [0.25, 0.3) is 0 Å². The van der Waals surface area contributed by atoms with Gasteiger partial charge in [0.25, 0.3) is 5.91 Å². The monoisotopic (exact) mass is 375 g/mol. The molecule has 1 amide bonds. The third-order valence-electron chi connectivity index (χ3n) is 4.37. The summed E-state index contributed by atoms with van der Waals surface area (Å²) in [5, 5.41) is 6.11. The molecule has 0 radical (unpaired) electrons. The molecule has 1 heterocycles. The van der Waals surface area contributed by atoms with Gasteiger partial charge in [0.05, 0.1) is 12.4 Å². The van der Waals surface area contributed by atoms with Crippen molar-refractivity contribution in [1.82, 2.24) is 9.97 Å². The van der Waals surface area contributed by atoms with Crippen LogP contribution in [0.4, 0.5) is 22.9 Å². The van der Waals surface area contributed by atoms with Gasteiger partial charge in [-0.1, -0.05) is 32.0 Å². The Balaban J connectivity index is 1.68. The average molecular weight is 375 g/mol. The first-order chi connectivity index (χ1) is 13.4. The fraction of sp³-hybridized carbons (Fsp3) is 0.227. The molecule has 0 saturated carbocycles. The van der Waals surface area contributed by atoms with Gasteiger partial charge in [-0.05, 0) is 41.8 Å². The number of hydrogen-bond acceptors (Lipinski definition) is 5. The quantitative estimate of drug-likeness (QED) is 0.656. The lowest BCUT2D eigenvalue weighted by Gasteiger charge is -2.14.